The lowest BCUT2D eigenvalue weighted by Crippen LogP contribution is -2.10. The molecule has 0 aliphatic rings. The zero-order valence-electron chi connectivity index (χ0n) is 11.3. The fraction of sp³-hybridized carbons (Fsp3) is 0.286. The third kappa shape index (κ3) is 3.84. The van der Waals surface area contributed by atoms with E-state index in [4.69, 9.17) is 11.6 Å². The predicted octanol–water partition coefficient (Wildman–Crippen LogP) is 4.50. The quantitative estimate of drug-likeness (QED) is 0.829. The van der Waals surface area contributed by atoms with Crippen LogP contribution in [-0.4, -0.2) is 16.5 Å². The number of aromatic nitrogens is 2. The lowest BCUT2D eigenvalue weighted by molar-refractivity contribution is 0.869. The van der Waals surface area contributed by atoms with Gasteiger partial charge in [0.1, 0.15) is 5.82 Å². The molecule has 0 aliphatic carbocycles. The number of halogens is 2. The summed E-state index contributed by atoms with van der Waals surface area (Å²) in [4.78, 5) is 8.63. The summed E-state index contributed by atoms with van der Waals surface area (Å²) in [6, 6.07) is 7.89. The fourth-order valence-corrected chi connectivity index (χ4v) is 2.18. The van der Waals surface area contributed by atoms with Gasteiger partial charge in [0.25, 0.3) is 0 Å². The highest BCUT2D eigenvalue weighted by Gasteiger charge is 2.10. The second-order valence-corrected chi connectivity index (χ2v) is 5.63. The molecule has 1 aromatic carbocycles. The van der Waals surface area contributed by atoms with Crippen molar-refractivity contribution in [2.45, 2.75) is 19.9 Å². The molecule has 1 heterocycles. The van der Waals surface area contributed by atoms with Crippen LogP contribution in [0.25, 0.3) is 0 Å². The van der Waals surface area contributed by atoms with E-state index in [1.54, 1.807) is 6.20 Å². The largest absolute Gasteiger partial charge is 0.362 e. The van der Waals surface area contributed by atoms with Gasteiger partial charge in [-0.2, -0.15) is 4.98 Å². The Bertz CT molecular complexity index is 574. The van der Waals surface area contributed by atoms with Gasteiger partial charge in [0.2, 0.25) is 5.95 Å². The maximum atomic E-state index is 5.90. The van der Waals surface area contributed by atoms with Gasteiger partial charge in [0.15, 0.2) is 0 Å². The Labute approximate surface area is 132 Å². The van der Waals surface area contributed by atoms with Crippen LogP contribution in [0.2, 0.25) is 5.02 Å². The molecule has 6 heteroatoms. The first-order valence-electron chi connectivity index (χ1n) is 6.38. The fourth-order valence-electron chi connectivity index (χ4n) is 1.75. The van der Waals surface area contributed by atoms with Crippen LogP contribution in [-0.2, 0) is 0 Å². The van der Waals surface area contributed by atoms with Crippen LogP contribution in [0.5, 0.6) is 0 Å². The average molecular weight is 356 g/mol. The second-order valence-electron chi connectivity index (χ2n) is 4.34. The molecule has 1 atom stereocenters. The van der Waals surface area contributed by atoms with Gasteiger partial charge >= 0.3 is 0 Å². The van der Waals surface area contributed by atoms with Crippen molar-refractivity contribution in [3.8, 4) is 0 Å². The lowest BCUT2D eigenvalue weighted by atomic mass is 10.1. The molecule has 2 rings (SSSR count). The molecular weight excluding hydrogens is 340 g/mol. The normalized spacial score (nSPS) is 12.0. The highest BCUT2D eigenvalue weighted by Crippen LogP contribution is 2.25. The van der Waals surface area contributed by atoms with Crippen molar-refractivity contribution in [1.82, 2.24) is 9.97 Å². The van der Waals surface area contributed by atoms with Crippen LogP contribution in [0.1, 0.15) is 25.5 Å². The van der Waals surface area contributed by atoms with Crippen molar-refractivity contribution in [2.75, 3.05) is 17.2 Å². The Hall–Kier alpha value is -1.33. The van der Waals surface area contributed by atoms with Crippen LogP contribution in [0.3, 0.4) is 0 Å². The molecule has 0 amide bonds. The Morgan fingerprint density at radius 1 is 1.30 bits per heavy atom. The number of hydrogen-bond donors (Lipinski definition) is 2. The predicted molar refractivity (Wildman–Crippen MR) is 87.4 cm³/mol. The Kier molecular flexibility index (Phi) is 5.20. The van der Waals surface area contributed by atoms with Crippen molar-refractivity contribution in [3.63, 3.8) is 0 Å². The summed E-state index contributed by atoms with van der Waals surface area (Å²) in [5, 5.41) is 7.19. The molecule has 0 spiro atoms. The lowest BCUT2D eigenvalue weighted by Gasteiger charge is -2.16. The van der Waals surface area contributed by atoms with Crippen molar-refractivity contribution in [3.05, 3.63) is 45.5 Å². The molecule has 4 nitrogen and oxygen atoms in total. The summed E-state index contributed by atoms with van der Waals surface area (Å²) in [7, 11) is 0. The van der Waals surface area contributed by atoms with E-state index in [1.807, 2.05) is 31.2 Å². The first-order valence-corrected chi connectivity index (χ1v) is 7.55. The van der Waals surface area contributed by atoms with Crippen LogP contribution in [0.15, 0.2) is 34.9 Å². The van der Waals surface area contributed by atoms with E-state index in [0.717, 1.165) is 27.4 Å². The molecule has 1 unspecified atom stereocenters. The van der Waals surface area contributed by atoms with Gasteiger partial charge < -0.3 is 10.6 Å². The summed E-state index contributed by atoms with van der Waals surface area (Å²) in [6.07, 6.45) is 1.74. The number of anilines is 2. The van der Waals surface area contributed by atoms with E-state index in [2.05, 4.69) is 43.5 Å². The Balaban J connectivity index is 2.16. The van der Waals surface area contributed by atoms with Gasteiger partial charge in [0.05, 0.1) is 4.47 Å². The average Bonchev–Trinajstić information content (AvgIpc) is 2.43. The van der Waals surface area contributed by atoms with E-state index in [9.17, 15) is 0 Å². The van der Waals surface area contributed by atoms with Crippen molar-refractivity contribution >= 4 is 39.3 Å². The zero-order valence-corrected chi connectivity index (χ0v) is 13.7. The summed E-state index contributed by atoms with van der Waals surface area (Å²) in [5.74, 6) is 1.37. The summed E-state index contributed by atoms with van der Waals surface area (Å²) >= 11 is 9.36. The van der Waals surface area contributed by atoms with Crippen molar-refractivity contribution in [2.24, 2.45) is 0 Å². The van der Waals surface area contributed by atoms with E-state index in [1.165, 1.54) is 0 Å². The van der Waals surface area contributed by atoms with Gasteiger partial charge in [-0.25, -0.2) is 4.98 Å². The maximum absolute atomic E-state index is 5.90. The minimum Gasteiger partial charge on any atom is -0.362 e. The molecule has 0 fully saturated rings. The molecule has 0 bridgehead atoms. The number of nitrogens with one attached hydrogen (secondary N) is 2. The van der Waals surface area contributed by atoms with Crippen molar-refractivity contribution < 1.29 is 0 Å². The van der Waals surface area contributed by atoms with Gasteiger partial charge in [0, 0.05) is 23.8 Å². The first kappa shape index (κ1) is 15.1. The van der Waals surface area contributed by atoms with E-state index < -0.39 is 0 Å². The van der Waals surface area contributed by atoms with Crippen LogP contribution >= 0.6 is 27.5 Å². The second kappa shape index (κ2) is 6.90. The van der Waals surface area contributed by atoms with Crippen LogP contribution < -0.4 is 10.6 Å². The number of benzene rings is 1. The Morgan fingerprint density at radius 3 is 2.65 bits per heavy atom. The minimum atomic E-state index is 0.118. The van der Waals surface area contributed by atoms with Crippen molar-refractivity contribution in [1.29, 1.82) is 0 Å². The van der Waals surface area contributed by atoms with Gasteiger partial charge in [-0.15, -0.1) is 0 Å². The molecule has 0 saturated heterocycles. The minimum absolute atomic E-state index is 0.118. The van der Waals surface area contributed by atoms with Crippen LogP contribution in [0, 0.1) is 0 Å². The molecule has 0 radical (unpaired) electrons. The molecule has 1 aromatic heterocycles. The van der Waals surface area contributed by atoms with E-state index in [-0.39, 0.29) is 6.04 Å². The topological polar surface area (TPSA) is 49.8 Å². The van der Waals surface area contributed by atoms with Gasteiger partial charge in [-0.1, -0.05) is 23.7 Å². The number of hydrogen-bond acceptors (Lipinski definition) is 4. The zero-order chi connectivity index (χ0) is 14.5. The van der Waals surface area contributed by atoms with E-state index in [0.29, 0.717) is 5.95 Å². The van der Waals surface area contributed by atoms with E-state index >= 15 is 0 Å². The Morgan fingerprint density at radius 2 is 2.00 bits per heavy atom. The highest BCUT2D eigenvalue weighted by molar-refractivity contribution is 9.10. The summed E-state index contributed by atoms with van der Waals surface area (Å²) in [5.41, 5.74) is 1.14. The molecular formula is C14H16BrClN4. The molecule has 2 aromatic rings. The smallest absolute Gasteiger partial charge is 0.224 e. The molecule has 106 valence electrons. The first-order chi connectivity index (χ1) is 9.60. The number of nitrogens with zero attached hydrogens (tertiary/aromatic N) is 2. The monoisotopic (exact) mass is 354 g/mol. The third-order valence-corrected chi connectivity index (χ3v) is 3.63. The van der Waals surface area contributed by atoms with Gasteiger partial charge in [-0.05, 0) is 47.5 Å². The molecule has 20 heavy (non-hydrogen) atoms. The summed E-state index contributed by atoms with van der Waals surface area (Å²) in [6.45, 7) is 4.87. The van der Waals surface area contributed by atoms with Crippen LogP contribution in [0.4, 0.5) is 11.8 Å². The third-order valence-electron chi connectivity index (χ3n) is 2.80. The SMILES string of the molecule is CCNc1ncc(Br)c(NC(C)c2ccc(Cl)cc2)n1. The highest BCUT2D eigenvalue weighted by atomic mass is 79.9. The molecule has 0 saturated carbocycles. The summed E-state index contributed by atoms with van der Waals surface area (Å²) < 4.78 is 0.833. The number of rotatable bonds is 5. The van der Waals surface area contributed by atoms with Gasteiger partial charge in [-0.3, -0.25) is 0 Å². The molecule has 2 N–H and O–H groups in total. The standard InChI is InChI=1S/C14H16BrClN4/c1-3-17-14-18-8-12(15)13(20-14)19-9(2)10-4-6-11(16)7-5-10/h4-9H,3H2,1-2H3,(H2,17,18,19,20). The molecule has 0 aliphatic heterocycles. The maximum Gasteiger partial charge on any atom is 0.224 e.